The van der Waals surface area contributed by atoms with Gasteiger partial charge in [-0.2, -0.15) is 0 Å². The van der Waals surface area contributed by atoms with E-state index in [4.69, 9.17) is 4.74 Å². The largest absolute Gasteiger partial charge is 0.457 e. The zero-order chi connectivity index (χ0) is 19.3. The number of carbonyl (C=O) groups is 1. The first kappa shape index (κ1) is 19.7. The molecule has 0 fully saturated rings. The Balaban J connectivity index is 2.13. The number of rotatable bonds is 6. The summed E-state index contributed by atoms with van der Waals surface area (Å²) in [5, 5.41) is 0. The highest BCUT2D eigenvalue weighted by molar-refractivity contribution is 5.92. The van der Waals surface area contributed by atoms with Crippen LogP contribution in [0.15, 0.2) is 41.4 Å². The Morgan fingerprint density at radius 2 is 1.81 bits per heavy atom. The smallest absolute Gasteiger partial charge is 0.338 e. The number of hydrogen-bond acceptors (Lipinski definition) is 3. The van der Waals surface area contributed by atoms with Crippen molar-refractivity contribution in [1.82, 2.24) is 4.90 Å². The van der Waals surface area contributed by atoms with Crippen molar-refractivity contribution in [2.24, 2.45) is 4.99 Å². The molecule has 2 aromatic rings. The van der Waals surface area contributed by atoms with Gasteiger partial charge in [0.15, 0.2) is 0 Å². The first-order valence-electron chi connectivity index (χ1n) is 8.88. The summed E-state index contributed by atoms with van der Waals surface area (Å²) in [6.07, 6.45) is 1.82. The lowest BCUT2D eigenvalue weighted by molar-refractivity contribution is 0.0471. The molecule has 0 heterocycles. The van der Waals surface area contributed by atoms with Gasteiger partial charge in [-0.25, -0.2) is 9.79 Å². The fourth-order valence-electron chi connectivity index (χ4n) is 2.44. The molecule has 4 nitrogen and oxygen atoms in total. The molecule has 0 N–H and O–H groups in total. The van der Waals surface area contributed by atoms with Crippen LogP contribution >= 0.6 is 0 Å². The zero-order valence-electron chi connectivity index (χ0n) is 16.5. The number of nitrogens with zero attached hydrogens (tertiary/aromatic N) is 2. The molecule has 138 valence electrons. The highest BCUT2D eigenvalue weighted by Gasteiger charge is 2.14. The van der Waals surface area contributed by atoms with Crippen molar-refractivity contribution in [3.8, 4) is 0 Å². The summed E-state index contributed by atoms with van der Waals surface area (Å²) in [7, 11) is 1.99. The third-order valence-electron chi connectivity index (χ3n) is 4.58. The SMILES string of the molecule is Cc1ccccc1COC(=O)c1cc(C)c(N=CN(C)C(C)C)cc1C. The van der Waals surface area contributed by atoms with Crippen LogP contribution in [-0.2, 0) is 11.3 Å². The average molecular weight is 352 g/mol. The van der Waals surface area contributed by atoms with Gasteiger partial charge in [-0.15, -0.1) is 0 Å². The van der Waals surface area contributed by atoms with Crippen molar-refractivity contribution < 1.29 is 9.53 Å². The second-order valence-corrected chi connectivity index (χ2v) is 6.96. The average Bonchev–Trinajstić information content (AvgIpc) is 2.60. The summed E-state index contributed by atoms with van der Waals surface area (Å²) in [4.78, 5) is 19.1. The number of ether oxygens (including phenoxy) is 1. The number of carbonyl (C=O) groups excluding carboxylic acids is 1. The Labute approximate surface area is 156 Å². The predicted molar refractivity (Wildman–Crippen MR) is 107 cm³/mol. The van der Waals surface area contributed by atoms with Crippen LogP contribution in [-0.4, -0.2) is 30.3 Å². The highest BCUT2D eigenvalue weighted by atomic mass is 16.5. The van der Waals surface area contributed by atoms with E-state index in [-0.39, 0.29) is 12.6 Å². The lowest BCUT2D eigenvalue weighted by atomic mass is 10.0. The van der Waals surface area contributed by atoms with Gasteiger partial charge in [0, 0.05) is 13.1 Å². The molecule has 0 bridgehead atoms. The van der Waals surface area contributed by atoms with E-state index in [0.29, 0.717) is 11.6 Å². The molecule has 4 heteroatoms. The summed E-state index contributed by atoms with van der Waals surface area (Å²) >= 11 is 0. The molecule has 0 amide bonds. The van der Waals surface area contributed by atoms with Crippen LogP contribution < -0.4 is 0 Å². The molecule has 0 saturated heterocycles. The lowest BCUT2D eigenvalue weighted by Crippen LogP contribution is -2.24. The third-order valence-corrected chi connectivity index (χ3v) is 4.58. The van der Waals surface area contributed by atoms with Crippen molar-refractivity contribution in [3.05, 3.63) is 64.2 Å². The Morgan fingerprint density at radius 1 is 1.12 bits per heavy atom. The Kier molecular flexibility index (Phi) is 6.56. The molecule has 0 aliphatic carbocycles. The van der Waals surface area contributed by atoms with Gasteiger partial charge in [-0.3, -0.25) is 0 Å². The quantitative estimate of drug-likeness (QED) is 0.419. The van der Waals surface area contributed by atoms with Crippen LogP contribution in [0, 0.1) is 20.8 Å². The molecule has 0 radical (unpaired) electrons. The molecule has 2 rings (SSSR count). The summed E-state index contributed by atoms with van der Waals surface area (Å²) < 4.78 is 5.51. The summed E-state index contributed by atoms with van der Waals surface area (Å²) in [6, 6.07) is 12.1. The second-order valence-electron chi connectivity index (χ2n) is 6.96. The van der Waals surface area contributed by atoms with Crippen molar-refractivity contribution in [2.75, 3.05) is 7.05 Å². The molecule has 0 saturated carbocycles. The number of esters is 1. The van der Waals surface area contributed by atoms with Gasteiger partial charge in [0.25, 0.3) is 0 Å². The van der Waals surface area contributed by atoms with Crippen molar-refractivity contribution in [2.45, 2.75) is 47.3 Å². The lowest BCUT2D eigenvalue weighted by Gasteiger charge is -2.17. The summed E-state index contributed by atoms with van der Waals surface area (Å²) in [5.41, 5.74) is 5.41. The van der Waals surface area contributed by atoms with Gasteiger partial charge in [0.05, 0.1) is 17.6 Å². The van der Waals surface area contributed by atoms with E-state index in [0.717, 1.165) is 27.9 Å². The van der Waals surface area contributed by atoms with Crippen LogP contribution in [0.3, 0.4) is 0 Å². The van der Waals surface area contributed by atoms with E-state index in [1.54, 1.807) is 0 Å². The van der Waals surface area contributed by atoms with Gasteiger partial charge in [0.1, 0.15) is 6.61 Å². The molecule has 26 heavy (non-hydrogen) atoms. The van der Waals surface area contributed by atoms with Gasteiger partial charge >= 0.3 is 5.97 Å². The van der Waals surface area contributed by atoms with Gasteiger partial charge in [-0.1, -0.05) is 24.3 Å². The predicted octanol–water partition coefficient (Wildman–Crippen LogP) is 4.97. The summed E-state index contributed by atoms with van der Waals surface area (Å²) in [6.45, 7) is 10.4. The third kappa shape index (κ3) is 4.94. The van der Waals surface area contributed by atoms with Gasteiger partial charge in [-0.05, 0) is 69.0 Å². The molecule has 0 aliphatic rings. The van der Waals surface area contributed by atoms with Crippen LogP contribution in [0.5, 0.6) is 0 Å². The fourth-order valence-corrected chi connectivity index (χ4v) is 2.44. The van der Waals surface area contributed by atoms with E-state index in [1.807, 2.05) is 75.5 Å². The minimum Gasteiger partial charge on any atom is -0.457 e. The van der Waals surface area contributed by atoms with Crippen molar-refractivity contribution in [3.63, 3.8) is 0 Å². The van der Waals surface area contributed by atoms with Crippen LogP contribution in [0.1, 0.15) is 46.5 Å². The van der Waals surface area contributed by atoms with Gasteiger partial charge in [0.2, 0.25) is 0 Å². The van der Waals surface area contributed by atoms with E-state index in [2.05, 4.69) is 18.8 Å². The van der Waals surface area contributed by atoms with Crippen LogP contribution in [0.2, 0.25) is 0 Å². The minimum absolute atomic E-state index is 0.281. The number of aliphatic imine (C=N–C) groups is 1. The molecule has 2 aromatic carbocycles. The maximum Gasteiger partial charge on any atom is 0.338 e. The monoisotopic (exact) mass is 352 g/mol. The topological polar surface area (TPSA) is 41.9 Å². The Morgan fingerprint density at radius 3 is 2.46 bits per heavy atom. The molecule has 0 atom stereocenters. The molecular formula is C22H28N2O2. The van der Waals surface area contributed by atoms with Crippen LogP contribution in [0.4, 0.5) is 5.69 Å². The minimum atomic E-state index is -0.302. The molecule has 0 spiro atoms. The van der Waals surface area contributed by atoms with Gasteiger partial charge < -0.3 is 9.64 Å². The number of benzene rings is 2. The normalized spacial score (nSPS) is 11.2. The molecule has 0 aromatic heterocycles. The maximum absolute atomic E-state index is 12.5. The Hall–Kier alpha value is -2.62. The zero-order valence-corrected chi connectivity index (χ0v) is 16.5. The number of hydrogen-bond donors (Lipinski definition) is 0. The van der Waals surface area contributed by atoms with Crippen LogP contribution in [0.25, 0.3) is 0 Å². The van der Waals surface area contributed by atoms with E-state index < -0.39 is 0 Å². The van der Waals surface area contributed by atoms with E-state index in [1.165, 1.54) is 0 Å². The highest BCUT2D eigenvalue weighted by Crippen LogP contribution is 2.24. The van der Waals surface area contributed by atoms with Crippen molar-refractivity contribution >= 4 is 18.0 Å². The second kappa shape index (κ2) is 8.65. The molecule has 0 aliphatic heterocycles. The van der Waals surface area contributed by atoms with E-state index >= 15 is 0 Å². The number of aryl methyl sites for hydroxylation is 3. The van der Waals surface area contributed by atoms with E-state index in [9.17, 15) is 4.79 Å². The first-order chi connectivity index (χ1) is 12.3. The maximum atomic E-state index is 12.5. The fraction of sp³-hybridized carbons (Fsp3) is 0.364. The summed E-state index contributed by atoms with van der Waals surface area (Å²) in [5.74, 6) is -0.302. The molecular weight excluding hydrogens is 324 g/mol. The first-order valence-corrected chi connectivity index (χ1v) is 8.88. The molecule has 0 unspecified atom stereocenters. The Bertz CT molecular complexity index is 810. The standard InChI is InChI=1S/C22H28N2O2/c1-15(2)24(6)14-23-21-12-17(4)20(11-18(21)5)22(25)26-13-19-10-8-7-9-16(19)3/h7-12,14-15H,13H2,1-6H3. The van der Waals surface area contributed by atoms with Crippen molar-refractivity contribution in [1.29, 1.82) is 0 Å².